The maximum atomic E-state index is 10.7. The summed E-state index contributed by atoms with van der Waals surface area (Å²) in [6, 6.07) is 7.04. The third-order valence-electron chi connectivity index (χ3n) is 3.81. The monoisotopic (exact) mass is 248 g/mol. The van der Waals surface area contributed by atoms with Crippen molar-refractivity contribution >= 4 is 5.69 Å². The molecule has 1 aliphatic carbocycles. The number of rotatable bonds is 6. The van der Waals surface area contributed by atoms with Crippen LogP contribution in [0, 0.1) is 16.0 Å². The van der Waals surface area contributed by atoms with E-state index in [-0.39, 0.29) is 16.7 Å². The van der Waals surface area contributed by atoms with Gasteiger partial charge in [-0.15, -0.1) is 0 Å². The Morgan fingerprint density at radius 2 is 2.28 bits per heavy atom. The van der Waals surface area contributed by atoms with Crippen molar-refractivity contribution in [2.75, 3.05) is 6.54 Å². The minimum atomic E-state index is -0.343. The second kappa shape index (κ2) is 5.96. The van der Waals surface area contributed by atoms with Crippen molar-refractivity contribution in [3.05, 3.63) is 39.9 Å². The van der Waals surface area contributed by atoms with E-state index >= 15 is 0 Å². The lowest BCUT2D eigenvalue weighted by Crippen LogP contribution is -2.24. The highest BCUT2D eigenvalue weighted by atomic mass is 16.6. The summed E-state index contributed by atoms with van der Waals surface area (Å²) in [5.74, 6) is 0.898. The molecule has 1 unspecified atom stereocenters. The first-order chi connectivity index (χ1) is 8.66. The summed E-state index contributed by atoms with van der Waals surface area (Å²) >= 11 is 0. The topological polar surface area (TPSA) is 55.2 Å². The fraction of sp³-hybridized carbons (Fsp3) is 0.571. The standard InChI is InChI=1S/C14H20N2O2/c1-11(15-9-8-12-4-2-5-12)13-6-3-7-14(10-13)16(17)18/h3,6-7,10-12,15H,2,4-5,8-9H2,1H3. The van der Waals surface area contributed by atoms with Crippen LogP contribution in [0.1, 0.15) is 44.2 Å². The number of nitro groups is 1. The Kier molecular flexibility index (Phi) is 4.31. The number of hydrogen-bond donors (Lipinski definition) is 1. The number of nitro benzene ring substituents is 1. The van der Waals surface area contributed by atoms with Gasteiger partial charge in [0.15, 0.2) is 0 Å². The van der Waals surface area contributed by atoms with Crippen molar-refractivity contribution < 1.29 is 4.92 Å². The van der Waals surface area contributed by atoms with Gasteiger partial charge in [-0.2, -0.15) is 0 Å². The minimum absolute atomic E-state index is 0.167. The number of nitrogens with zero attached hydrogens (tertiary/aromatic N) is 1. The Hall–Kier alpha value is -1.42. The van der Waals surface area contributed by atoms with Crippen LogP contribution in [0.5, 0.6) is 0 Å². The molecule has 0 bridgehead atoms. The van der Waals surface area contributed by atoms with E-state index < -0.39 is 0 Å². The summed E-state index contributed by atoms with van der Waals surface area (Å²) in [7, 11) is 0. The van der Waals surface area contributed by atoms with Gasteiger partial charge in [0.05, 0.1) is 4.92 Å². The van der Waals surface area contributed by atoms with Crippen LogP contribution in [-0.2, 0) is 0 Å². The third kappa shape index (κ3) is 3.29. The van der Waals surface area contributed by atoms with Crippen LogP contribution in [-0.4, -0.2) is 11.5 Å². The van der Waals surface area contributed by atoms with E-state index in [1.54, 1.807) is 12.1 Å². The highest BCUT2D eigenvalue weighted by molar-refractivity contribution is 5.35. The van der Waals surface area contributed by atoms with Crippen molar-refractivity contribution in [2.45, 2.75) is 38.6 Å². The smallest absolute Gasteiger partial charge is 0.269 e. The molecule has 0 aromatic heterocycles. The molecule has 0 radical (unpaired) electrons. The molecule has 0 saturated heterocycles. The summed E-state index contributed by atoms with van der Waals surface area (Å²) in [4.78, 5) is 10.4. The van der Waals surface area contributed by atoms with Crippen LogP contribution >= 0.6 is 0 Å². The predicted octanol–water partition coefficient (Wildman–Crippen LogP) is 3.44. The fourth-order valence-corrected chi connectivity index (χ4v) is 2.31. The SMILES string of the molecule is CC(NCCC1CCC1)c1cccc([N+](=O)[O-])c1. The number of benzene rings is 1. The average molecular weight is 248 g/mol. The highest BCUT2D eigenvalue weighted by Crippen LogP contribution is 2.29. The Balaban J connectivity index is 1.85. The molecule has 0 spiro atoms. The summed E-state index contributed by atoms with van der Waals surface area (Å²) in [5, 5.41) is 14.2. The molecular formula is C14H20N2O2. The predicted molar refractivity (Wildman–Crippen MR) is 71.5 cm³/mol. The minimum Gasteiger partial charge on any atom is -0.310 e. The molecule has 1 N–H and O–H groups in total. The zero-order chi connectivity index (χ0) is 13.0. The normalized spacial score (nSPS) is 17.2. The van der Waals surface area contributed by atoms with Gasteiger partial charge in [0.2, 0.25) is 0 Å². The number of hydrogen-bond acceptors (Lipinski definition) is 3. The molecule has 1 atom stereocenters. The number of nitrogens with one attached hydrogen (secondary N) is 1. The first-order valence-electron chi connectivity index (χ1n) is 6.64. The van der Waals surface area contributed by atoms with Gasteiger partial charge in [-0.1, -0.05) is 31.4 Å². The molecule has 18 heavy (non-hydrogen) atoms. The van der Waals surface area contributed by atoms with Crippen LogP contribution in [0.4, 0.5) is 5.69 Å². The van der Waals surface area contributed by atoms with Gasteiger partial charge < -0.3 is 5.32 Å². The lowest BCUT2D eigenvalue weighted by molar-refractivity contribution is -0.384. The molecule has 4 heteroatoms. The van der Waals surface area contributed by atoms with Crippen molar-refractivity contribution in [3.8, 4) is 0 Å². The van der Waals surface area contributed by atoms with Gasteiger partial charge in [-0.3, -0.25) is 10.1 Å². The second-order valence-corrected chi connectivity index (χ2v) is 5.11. The zero-order valence-corrected chi connectivity index (χ0v) is 10.8. The molecule has 1 fully saturated rings. The van der Waals surface area contributed by atoms with Crippen molar-refractivity contribution in [2.24, 2.45) is 5.92 Å². The molecular weight excluding hydrogens is 228 g/mol. The highest BCUT2D eigenvalue weighted by Gasteiger charge is 2.17. The molecule has 98 valence electrons. The van der Waals surface area contributed by atoms with E-state index in [0.717, 1.165) is 18.0 Å². The molecule has 1 aliphatic rings. The van der Waals surface area contributed by atoms with Gasteiger partial charge in [0.25, 0.3) is 5.69 Å². The molecule has 0 amide bonds. The maximum absolute atomic E-state index is 10.7. The summed E-state index contributed by atoms with van der Waals surface area (Å²) < 4.78 is 0. The summed E-state index contributed by atoms with van der Waals surface area (Å²) in [6.07, 6.45) is 5.34. The maximum Gasteiger partial charge on any atom is 0.269 e. The van der Waals surface area contributed by atoms with Crippen molar-refractivity contribution in [1.29, 1.82) is 0 Å². The first-order valence-corrected chi connectivity index (χ1v) is 6.64. The molecule has 1 aromatic rings. The summed E-state index contributed by atoms with van der Waals surface area (Å²) in [6.45, 7) is 3.05. The van der Waals surface area contributed by atoms with Crippen LogP contribution < -0.4 is 5.32 Å². The Morgan fingerprint density at radius 1 is 1.50 bits per heavy atom. The lowest BCUT2D eigenvalue weighted by Gasteiger charge is -2.26. The van der Waals surface area contributed by atoms with Crippen molar-refractivity contribution in [3.63, 3.8) is 0 Å². The van der Waals surface area contributed by atoms with Crippen LogP contribution in [0.3, 0.4) is 0 Å². The molecule has 4 nitrogen and oxygen atoms in total. The van der Waals surface area contributed by atoms with E-state index in [2.05, 4.69) is 12.2 Å². The molecule has 0 aliphatic heterocycles. The quantitative estimate of drug-likeness (QED) is 0.619. The van der Waals surface area contributed by atoms with E-state index in [9.17, 15) is 10.1 Å². The largest absolute Gasteiger partial charge is 0.310 e. The van der Waals surface area contributed by atoms with E-state index in [1.165, 1.54) is 31.7 Å². The van der Waals surface area contributed by atoms with E-state index in [1.807, 2.05) is 6.07 Å². The van der Waals surface area contributed by atoms with Crippen molar-refractivity contribution in [1.82, 2.24) is 5.32 Å². The van der Waals surface area contributed by atoms with E-state index in [4.69, 9.17) is 0 Å². The second-order valence-electron chi connectivity index (χ2n) is 5.11. The fourth-order valence-electron chi connectivity index (χ4n) is 2.31. The van der Waals surface area contributed by atoms with Crippen LogP contribution in [0.25, 0.3) is 0 Å². The first kappa shape index (κ1) is 13.0. The third-order valence-corrected chi connectivity index (χ3v) is 3.81. The van der Waals surface area contributed by atoms with Crippen LogP contribution in [0.2, 0.25) is 0 Å². The van der Waals surface area contributed by atoms with Gasteiger partial charge in [-0.25, -0.2) is 0 Å². The molecule has 1 aromatic carbocycles. The zero-order valence-electron chi connectivity index (χ0n) is 10.8. The average Bonchev–Trinajstić information content (AvgIpc) is 2.32. The summed E-state index contributed by atoms with van der Waals surface area (Å²) in [5.41, 5.74) is 1.15. The lowest BCUT2D eigenvalue weighted by atomic mass is 9.83. The van der Waals surface area contributed by atoms with E-state index in [0.29, 0.717) is 0 Å². The molecule has 2 rings (SSSR count). The van der Waals surface area contributed by atoms with Gasteiger partial charge >= 0.3 is 0 Å². The van der Waals surface area contributed by atoms with Gasteiger partial charge in [0, 0.05) is 18.2 Å². The van der Waals surface area contributed by atoms with Gasteiger partial charge in [-0.05, 0) is 31.4 Å². The molecule has 1 saturated carbocycles. The Bertz CT molecular complexity index is 416. The Morgan fingerprint density at radius 3 is 2.89 bits per heavy atom. The van der Waals surface area contributed by atoms with Crippen LogP contribution in [0.15, 0.2) is 24.3 Å². The van der Waals surface area contributed by atoms with Gasteiger partial charge in [0.1, 0.15) is 0 Å². The Labute approximate surface area is 108 Å². The molecule has 0 heterocycles. The number of non-ortho nitro benzene ring substituents is 1.